The SMILES string of the molecule is Cc1noc(NC(=O)c2cc(Cl)ccc2F)c1C. The number of nitrogens with one attached hydrogen (secondary N) is 1. The maximum atomic E-state index is 13.5. The van der Waals surface area contributed by atoms with Crippen LogP contribution in [-0.2, 0) is 0 Å². The number of aryl methyl sites for hydroxylation is 1. The van der Waals surface area contributed by atoms with E-state index in [1.165, 1.54) is 12.1 Å². The summed E-state index contributed by atoms with van der Waals surface area (Å²) in [5.41, 5.74) is 1.22. The van der Waals surface area contributed by atoms with Gasteiger partial charge in [-0.05, 0) is 32.0 Å². The number of amides is 1. The molecule has 0 aliphatic rings. The second-order valence-corrected chi connectivity index (χ2v) is 4.24. The molecule has 18 heavy (non-hydrogen) atoms. The number of aromatic nitrogens is 1. The molecular formula is C12H10ClFN2O2. The third kappa shape index (κ3) is 2.36. The van der Waals surface area contributed by atoms with Gasteiger partial charge in [-0.25, -0.2) is 4.39 Å². The number of hydrogen-bond donors (Lipinski definition) is 1. The van der Waals surface area contributed by atoms with Gasteiger partial charge in [-0.3, -0.25) is 10.1 Å². The van der Waals surface area contributed by atoms with Crippen LogP contribution in [0.1, 0.15) is 21.6 Å². The van der Waals surface area contributed by atoms with Gasteiger partial charge < -0.3 is 4.52 Å². The zero-order chi connectivity index (χ0) is 13.3. The summed E-state index contributed by atoms with van der Waals surface area (Å²) >= 11 is 5.72. The zero-order valence-corrected chi connectivity index (χ0v) is 10.5. The van der Waals surface area contributed by atoms with E-state index in [0.29, 0.717) is 11.3 Å². The van der Waals surface area contributed by atoms with Gasteiger partial charge in [-0.15, -0.1) is 0 Å². The molecule has 4 nitrogen and oxygen atoms in total. The summed E-state index contributed by atoms with van der Waals surface area (Å²) in [5, 5.41) is 6.43. The Morgan fingerprint density at radius 1 is 1.44 bits per heavy atom. The van der Waals surface area contributed by atoms with E-state index in [9.17, 15) is 9.18 Å². The van der Waals surface area contributed by atoms with Crippen molar-refractivity contribution in [3.8, 4) is 0 Å². The van der Waals surface area contributed by atoms with Crippen LogP contribution in [0.2, 0.25) is 5.02 Å². The predicted octanol–water partition coefficient (Wildman–Crippen LogP) is 3.34. The lowest BCUT2D eigenvalue weighted by Gasteiger charge is -2.04. The first-order valence-electron chi connectivity index (χ1n) is 5.18. The number of anilines is 1. The Morgan fingerprint density at radius 2 is 2.17 bits per heavy atom. The molecule has 94 valence electrons. The summed E-state index contributed by atoms with van der Waals surface area (Å²) in [5.74, 6) is -1.07. The van der Waals surface area contributed by atoms with Gasteiger partial charge in [0, 0.05) is 10.6 Å². The molecule has 1 heterocycles. The summed E-state index contributed by atoms with van der Waals surface area (Å²) in [7, 11) is 0. The Balaban J connectivity index is 2.27. The number of hydrogen-bond acceptors (Lipinski definition) is 3. The molecule has 0 atom stereocenters. The maximum Gasteiger partial charge on any atom is 0.261 e. The summed E-state index contributed by atoms with van der Waals surface area (Å²) < 4.78 is 18.4. The lowest BCUT2D eigenvalue weighted by atomic mass is 10.2. The van der Waals surface area contributed by atoms with Crippen molar-refractivity contribution >= 4 is 23.4 Å². The highest BCUT2D eigenvalue weighted by atomic mass is 35.5. The number of benzene rings is 1. The molecule has 1 amide bonds. The van der Waals surface area contributed by atoms with Crippen LogP contribution in [0.4, 0.5) is 10.3 Å². The van der Waals surface area contributed by atoms with Gasteiger partial charge in [0.1, 0.15) is 5.82 Å². The van der Waals surface area contributed by atoms with Crippen LogP contribution in [0.25, 0.3) is 0 Å². The Bertz CT molecular complexity index is 610. The fourth-order valence-corrected chi connectivity index (χ4v) is 1.55. The molecule has 2 aromatic rings. The summed E-state index contributed by atoms with van der Waals surface area (Å²) in [4.78, 5) is 11.9. The first kappa shape index (κ1) is 12.6. The monoisotopic (exact) mass is 268 g/mol. The number of halogens is 2. The molecule has 0 radical (unpaired) electrons. The summed E-state index contributed by atoms with van der Waals surface area (Å²) in [6.45, 7) is 3.49. The molecule has 0 spiro atoms. The topological polar surface area (TPSA) is 55.1 Å². The van der Waals surface area contributed by atoms with E-state index in [0.717, 1.165) is 6.07 Å². The first-order chi connectivity index (χ1) is 8.49. The molecule has 0 saturated heterocycles. The van der Waals surface area contributed by atoms with Gasteiger partial charge in [0.2, 0.25) is 5.88 Å². The van der Waals surface area contributed by atoms with Crippen LogP contribution in [0.3, 0.4) is 0 Å². The van der Waals surface area contributed by atoms with Crippen LogP contribution in [0.15, 0.2) is 22.7 Å². The van der Waals surface area contributed by atoms with E-state index >= 15 is 0 Å². The van der Waals surface area contributed by atoms with Crippen molar-refractivity contribution in [2.75, 3.05) is 5.32 Å². The molecule has 0 unspecified atom stereocenters. The average Bonchev–Trinajstić information content (AvgIpc) is 2.64. The zero-order valence-electron chi connectivity index (χ0n) is 9.75. The van der Waals surface area contributed by atoms with Crippen molar-refractivity contribution in [2.24, 2.45) is 0 Å². The fourth-order valence-electron chi connectivity index (χ4n) is 1.37. The maximum absolute atomic E-state index is 13.5. The van der Waals surface area contributed by atoms with Crippen LogP contribution in [-0.4, -0.2) is 11.1 Å². The molecular weight excluding hydrogens is 259 g/mol. The third-order valence-corrected chi connectivity index (χ3v) is 2.79. The Kier molecular flexibility index (Phi) is 3.34. The van der Waals surface area contributed by atoms with Crippen molar-refractivity contribution in [1.82, 2.24) is 5.16 Å². The van der Waals surface area contributed by atoms with E-state index < -0.39 is 11.7 Å². The fraction of sp³-hybridized carbons (Fsp3) is 0.167. The number of rotatable bonds is 2. The molecule has 1 N–H and O–H groups in total. The molecule has 0 aliphatic heterocycles. The minimum atomic E-state index is -0.647. The van der Waals surface area contributed by atoms with Gasteiger partial charge in [-0.2, -0.15) is 0 Å². The quantitative estimate of drug-likeness (QED) is 0.909. The van der Waals surface area contributed by atoms with Crippen LogP contribution >= 0.6 is 11.6 Å². The largest absolute Gasteiger partial charge is 0.338 e. The van der Waals surface area contributed by atoms with Crippen molar-refractivity contribution in [2.45, 2.75) is 13.8 Å². The van der Waals surface area contributed by atoms with Crippen molar-refractivity contribution in [3.05, 3.63) is 45.9 Å². The number of carbonyl (C=O) groups excluding carboxylic acids is 1. The molecule has 0 fully saturated rings. The van der Waals surface area contributed by atoms with Crippen LogP contribution in [0, 0.1) is 19.7 Å². The smallest absolute Gasteiger partial charge is 0.261 e. The van der Waals surface area contributed by atoms with E-state index in [1.807, 2.05) is 0 Å². The highest BCUT2D eigenvalue weighted by molar-refractivity contribution is 6.31. The normalized spacial score (nSPS) is 10.4. The number of nitrogens with zero attached hydrogens (tertiary/aromatic N) is 1. The minimum Gasteiger partial charge on any atom is -0.338 e. The minimum absolute atomic E-state index is 0.143. The van der Waals surface area contributed by atoms with Gasteiger partial charge in [0.15, 0.2) is 0 Å². The van der Waals surface area contributed by atoms with Gasteiger partial charge >= 0.3 is 0 Å². The first-order valence-corrected chi connectivity index (χ1v) is 5.56. The average molecular weight is 269 g/mol. The summed E-state index contributed by atoms with van der Waals surface area (Å²) in [6, 6.07) is 3.76. The molecule has 0 aliphatic carbocycles. The van der Waals surface area contributed by atoms with Gasteiger partial charge in [0.25, 0.3) is 5.91 Å². The second-order valence-electron chi connectivity index (χ2n) is 3.80. The van der Waals surface area contributed by atoms with E-state index in [4.69, 9.17) is 16.1 Å². The molecule has 0 bridgehead atoms. The predicted molar refractivity (Wildman–Crippen MR) is 65.3 cm³/mol. The highest BCUT2D eigenvalue weighted by Gasteiger charge is 2.16. The Hall–Kier alpha value is -1.88. The third-order valence-electron chi connectivity index (χ3n) is 2.56. The lowest BCUT2D eigenvalue weighted by molar-refractivity contribution is 0.102. The van der Waals surface area contributed by atoms with Crippen molar-refractivity contribution in [1.29, 1.82) is 0 Å². The molecule has 1 aromatic carbocycles. The van der Waals surface area contributed by atoms with E-state index in [2.05, 4.69) is 10.5 Å². The number of carbonyl (C=O) groups is 1. The van der Waals surface area contributed by atoms with Gasteiger partial charge in [0.05, 0.1) is 11.3 Å². The Morgan fingerprint density at radius 3 is 2.78 bits per heavy atom. The summed E-state index contributed by atoms with van der Waals surface area (Å²) in [6.07, 6.45) is 0. The van der Waals surface area contributed by atoms with Crippen LogP contribution < -0.4 is 5.32 Å². The standard InChI is InChI=1S/C12H10ClFN2O2/c1-6-7(2)16-18-12(6)15-11(17)9-5-8(13)3-4-10(9)14/h3-5H,1-2H3,(H,15,17). The van der Waals surface area contributed by atoms with Crippen LogP contribution in [0.5, 0.6) is 0 Å². The Labute approximate surface area is 108 Å². The molecule has 6 heteroatoms. The van der Waals surface area contributed by atoms with Crippen molar-refractivity contribution in [3.63, 3.8) is 0 Å². The highest BCUT2D eigenvalue weighted by Crippen LogP contribution is 2.20. The van der Waals surface area contributed by atoms with Crippen molar-refractivity contribution < 1.29 is 13.7 Å². The second kappa shape index (κ2) is 4.78. The lowest BCUT2D eigenvalue weighted by Crippen LogP contribution is -2.14. The van der Waals surface area contributed by atoms with E-state index in [-0.39, 0.29) is 16.5 Å². The van der Waals surface area contributed by atoms with Gasteiger partial charge in [-0.1, -0.05) is 16.8 Å². The molecule has 2 rings (SSSR count). The molecule has 0 saturated carbocycles. The van der Waals surface area contributed by atoms with E-state index in [1.54, 1.807) is 13.8 Å². The molecule has 1 aromatic heterocycles.